The lowest BCUT2D eigenvalue weighted by atomic mass is 9.91. The minimum Gasteiger partial charge on any atom is -0.351 e. The quantitative estimate of drug-likeness (QED) is 0.294. The number of rotatable bonds is 8. The number of hydrogen-bond donors (Lipinski definition) is 2. The lowest BCUT2D eigenvalue weighted by Gasteiger charge is -2.32. The molecular weight excluding hydrogens is 583 g/mol. The van der Waals surface area contributed by atoms with Crippen LogP contribution >= 0.6 is 12.4 Å². The molecule has 1 saturated carbocycles. The Morgan fingerprint density at radius 1 is 1.07 bits per heavy atom. The van der Waals surface area contributed by atoms with Crippen molar-refractivity contribution in [1.82, 2.24) is 29.4 Å². The third-order valence-electron chi connectivity index (χ3n) is 7.34. The molecule has 4 aromatic rings. The molecule has 0 unspecified atom stereocenters. The van der Waals surface area contributed by atoms with Crippen LogP contribution in [0.1, 0.15) is 45.6 Å². The smallest absolute Gasteiger partial charge is 0.278 e. The first-order valence-electron chi connectivity index (χ1n) is 13.5. The van der Waals surface area contributed by atoms with Crippen LogP contribution in [0.2, 0.25) is 0 Å². The fraction of sp³-hybridized carbons (Fsp3) is 0.393. The molecule has 1 aromatic carbocycles. The molecule has 0 bridgehead atoms. The molecule has 0 radical (unpaired) electrons. The van der Waals surface area contributed by atoms with E-state index in [0.717, 1.165) is 31.7 Å². The molecule has 2 N–H and O–H groups in total. The maximum atomic E-state index is 15.1. The fourth-order valence-electron chi connectivity index (χ4n) is 5.11. The number of hydrogen-bond acceptors (Lipinski definition) is 9. The Labute approximate surface area is 250 Å². The van der Waals surface area contributed by atoms with Crippen LogP contribution in [0, 0.1) is 5.82 Å². The van der Waals surface area contributed by atoms with Crippen molar-refractivity contribution in [2.45, 2.75) is 62.6 Å². The highest BCUT2D eigenvalue weighted by molar-refractivity contribution is 7.92. The molecule has 42 heavy (non-hydrogen) atoms. The topological polar surface area (TPSA) is 135 Å². The van der Waals surface area contributed by atoms with Crippen molar-refractivity contribution in [3.63, 3.8) is 0 Å². The first-order valence-corrected chi connectivity index (χ1v) is 15.0. The predicted molar refractivity (Wildman–Crippen MR) is 163 cm³/mol. The molecule has 224 valence electrons. The molecule has 0 atom stereocenters. The van der Waals surface area contributed by atoms with Crippen LogP contribution in [0.4, 0.5) is 16.0 Å². The number of halogens is 2. The van der Waals surface area contributed by atoms with E-state index < -0.39 is 21.4 Å². The zero-order valence-electron chi connectivity index (χ0n) is 23.8. The van der Waals surface area contributed by atoms with Gasteiger partial charge in [-0.25, -0.2) is 22.8 Å². The van der Waals surface area contributed by atoms with Gasteiger partial charge in [-0.05, 0) is 77.9 Å². The van der Waals surface area contributed by atoms with Crippen LogP contribution < -0.4 is 15.6 Å². The summed E-state index contributed by atoms with van der Waals surface area (Å²) >= 11 is 0. The summed E-state index contributed by atoms with van der Waals surface area (Å²) in [6.45, 7) is 3.72. The third kappa shape index (κ3) is 6.53. The Morgan fingerprint density at radius 3 is 2.43 bits per heavy atom. The highest BCUT2D eigenvalue weighted by atomic mass is 35.5. The number of sulfonamides is 1. The van der Waals surface area contributed by atoms with Crippen molar-refractivity contribution in [2.75, 3.05) is 24.1 Å². The molecule has 0 saturated heterocycles. The van der Waals surface area contributed by atoms with Gasteiger partial charge < -0.3 is 10.2 Å². The van der Waals surface area contributed by atoms with Gasteiger partial charge >= 0.3 is 0 Å². The van der Waals surface area contributed by atoms with Crippen molar-refractivity contribution in [3.8, 4) is 11.3 Å². The van der Waals surface area contributed by atoms with Gasteiger partial charge in [0.05, 0.1) is 11.9 Å². The zero-order chi connectivity index (χ0) is 29.3. The van der Waals surface area contributed by atoms with E-state index in [1.54, 1.807) is 6.20 Å². The Morgan fingerprint density at radius 2 is 1.81 bits per heavy atom. The Hall–Kier alpha value is -3.68. The number of fused-ring (bicyclic) bond motifs is 1. The monoisotopic (exact) mass is 616 g/mol. The molecule has 0 amide bonds. The molecule has 3 heterocycles. The largest absolute Gasteiger partial charge is 0.351 e. The number of benzene rings is 1. The van der Waals surface area contributed by atoms with E-state index in [0.29, 0.717) is 23.2 Å². The molecule has 14 heteroatoms. The highest BCUT2D eigenvalue weighted by Gasteiger charge is 2.24. The Balaban J connectivity index is 0.00000405. The first kappa shape index (κ1) is 31.3. The van der Waals surface area contributed by atoms with Crippen LogP contribution in [-0.4, -0.2) is 64.0 Å². The van der Waals surface area contributed by atoms with Crippen LogP contribution in [-0.2, 0) is 10.0 Å². The summed E-state index contributed by atoms with van der Waals surface area (Å²) in [5.74, 6) is -0.419. The van der Waals surface area contributed by atoms with E-state index in [1.165, 1.54) is 41.2 Å². The Kier molecular flexibility index (Phi) is 9.43. The van der Waals surface area contributed by atoms with Gasteiger partial charge in [-0.1, -0.05) is 6.07 Å². The number of pyridine rings is 1. The van der Waals surface area contributed by atoms with Crippen molar-refractivity contribution < 1.29 is 12.8 Å². The summed E-state index contributed by atoms with van der Waals surface area (Å²) in [5.41, 5.74) is 0.283. The molecule has 1 aliphatic carbocycles. The van der Waals surface area contributed by atoms with E-state index >= 15 is 4.39 Å². The van der Waals surface area contributed by atoms with Gasteiger partial charge in [0.2, 0.25) is 5.95 Å². The van der Waals surface area contributed by atoms with E-state index in [9.17, 15) is 13.2 Å². The molecule has 1 fully saturated rings. The van der Waals surface area contributed by atoms with Crippen LogP contribution in [0.3, 0.4) is 0 Å². The van der Waals surface area contributed by atoms with Gasteiger partial charge in [-0.2, -0.15) is 4.98 Å². The number of nitrogens with one attached hydrogen (secondary N) is 2. The second-order valence-corrected chi connectivity index (χ2v) is 12.4. The first-order chi connectivity index (χ1) is 19.5. The lowest BCUT2D eigenvalue weighted by molar-refractivity contribution is 0.221. The van der Waals surface area contributed by atoms with E-state index in [2.05, 4.69) is 49.0 Å². The van der Waals surface area contributed by atoms with Crippen LogP contribution in [0.25, 0.3) is 22.4 Å². The summed E-state index contributed by atoms with van der Waals surface area (Å²) in [6.07, 6.45) is 8.33. The molecule has 11 nitrogen and oxygen atoms in total. The van der Waals surface area contributed by atoms with Crippen LogP contribution in [0.15, 0.2) is 58.6 Å². The molecule has 0 spiro atoms. The number of nitrogens with zero attached hydrogens (tertiary/aromatic N) is 6. The third-order valence-corrected chi connectivity index (χ3v) is 8.69. The predicted octanol–water partition coefficient (Wildman–Crippen LogP) is 4.48. The summed E-state index contributed by atoms with van der Waals surface area (Å²) < 4.78 is 44.1. The van der Waals surface area contributed by atoms with Crippen molar-refractivity contribution in [3.05, 3.63) is 65.1 Å². The molecule has 5 rings (SSSR count). The van der Waals surface area contributed by atoms with Gasteiger partial charge in [0.25, 0.3) is 15.6 Å². The van der Waals surface area contributed by atoms with Gasteiger partial charge in [-0.15, -0.1) is 12.4 Å². The summed E-state index contributed by atoms with van der Waals surface area (Å²) in [4.78, 5) is 33.2. The number of aromatic nitrogens is 5. The second-order valence-electron chi connectivity index (χ2n) is 10.7. The maximum Gasteiger partial charge on any atom is 0.278 e. The average Bonchev–Trinajstić information content (AvgIpc) is 2.94. The average molecular weight is 617 g/mol. The minimum absolute atomic E-state index is 0. The van der Waals surface area contributed by atoms with Gasteiger partial charge in [0.15, 0.2) is 5.65 Å². The summed E-state index contributed by atoms with van der Waals surface area (Å²) in [6, 6.07) is 7.17. The molecular formula is C28H34ClFN8O3S. The van der Waals surface area contributed by atoms with E-state index in [1.807, 2.05) is 13.8 Å². The molecule has 3 aromatic heterocycles. The lowest BCUT2D eigenvalue weighted by Crippen LogP contribution is -2.36. The zero-order valence-corrected chi connectivity index (χ0v) is 25.4. The van der Waals surface area contributed by atoms with Crippen molar-refractivity contribution in [1.29, 1.82) is 0 Å². The van der Waals surface area contributed by atoms with Crippen molar-refractivity contribution >= 4 is 45.2 Å². The van der Waals surface area contributed by atoms with Gasteiger partial charge in [0.1, 0.15) is 21.9 Å². The maximum absolute atomic E-state index is 15.1. The summed E-state index contributed by atoms with van der Waals surface area (Å²) in [7, 11) is 0.157. The molecule has 1 aliphatic rings. The molecule has 0 aliphatic heterocycles. The minimum atomic E-state index is -4.05. The van der Waals surface area contributed by atoms with Gasteiger partial charge in [-0.3, -0.25) is 19.1 Å². The SMILES string of the molecule is CC(C)n1c(=O)c(-c2ccc(NS(=O)(=O)c3cccnc3)c(F)c2)nc2cnc(N[C@H]3CC[C@H](N(C)C)CC3)nc21.Cl. The summed E-state index contributed by atoms with van der Waals surface area (Å²) in [5, 5.41) is 3.41. The standard InChI is InChI=1S/C28H33FN8O3S.ClH/c1-17(2)37-26-24(16-31-28(34-26)32-19-8-10-20(11-9-19)36(3)4)33-25(27(37)38)18-7-12-23(22(29)14-18)35-41(39,40)21-6-5-13-30-15-21;/h5-7,12-17,19-20,35H,8-11H2,1-4H3,(H,31,32,34);1H/t19-,20-;. The Bertz CT molecular complexity index is 1730. The fourth-order valence-corrected chi connectivity index (χ4v) is 6.14. The highest BCUT2D eigenvalue weighted by Crippen LogP contribution is 2.27. The second kappa shape index (κ2) is 12.7. The van der Waals surface area contributed by atoms with Crippen LogP contribution in [0.5, 0.6) is 0 Å². The normalized spacial score (nSPS) is 17.3. The number of anilines is 2. The van der Waals surface area contributed by atoms with Gasteiger partial charge in [0, 0.05) is 36.1 Å². The van der Waals surface area contributed by atoms with Crippen molar-refractivity contribution in [2.24, 2.45) is 0 Å². The van der Waals surface area contributed by atoms with E-state index in [-0.39, 0.29) is 46.3 Å². The van der Waals surface area contributed by atoms with E-state index in [4.69, 9.17) is 0 Å².